The smallest absolute Gasteiger partial charge is 0.260 e. The zero-order chi connectivity index (χ0) is 14.0. The molecule has 0 unspecified atom stereocenters. The molecule has 8 heteroatoms. The molecule has 19 heavy (non-hydrogen) atoms. The lowest BCUT2D eigenvalue weighted by atomic mass is 10.2. The van der Waals surface area contributed by atoms with E-state index in [1.54, 1.807) is 14.0 Å². The summed E-state index contributed by atoms with van der Waals surface area (Å²) >= 11 is 2.55. The predicted molar refractivity (Wildman–Crippen MR) is 76.1 cm³/mol. The molecule has 102 valence electrons. The van der Waals surface area contributed by atoms with Gasteiger partial charge in [0, 0.05) is 12.9 Å². The van der Waals surface area contributed by atoms with Gasteiger partial charge >= 0.3 is 0 Å². The molecule has 0 bridgehead atoms. The van der Waals surface area contributed by atoms with Crippen molar-refractivity contribution in [1.82, 2.24) is 9.97 Å². The lowest BCUT2D eigenvalue weighted by Gasteiger charge is -2.00. The largest absolute Gasteiger partial charge is 0.384 e. The van der Waals surface area contributed by atoms with E-state index in [1.807, 2.05) is 0 Å². The molecule has 0 saturated heterocycles. The van der Waals surface area contributed by atoms with E-state index in [9.17, 15) is 9.59 Å². The number of rotatable bonds is 5. The lowest BCUT2D eigenvalue weighted by Crippen LogP contribution is -2.12. The van der Waals surface area contributed by atoms with E-state index in [4.69, 9.17) is 10.5 Å². The first-order valence-electron chi connectivity index (χ1n) is 5.49. The quantitative estimate of drug-likeness (QED) is 0.490. The van der Waals surface area contributed by atoms with E-state index in [2.05, 4.69) is 9.97 Å². The number of nitrogens with two attached hydrogens (primary N) is 1. The predicted octanol–water partition coefficient (Wildman–Crippen LogP) is 1.13. The SMILES string of the molecule is COCCSc1nc2sc(C(N)=O)c(C)c2c(=O)[nH]1. The Morgan fingerprint density at radius 3 is 2.95 bits per heavy atom. The second-order valence-electron chi connectivity index (χ2n) is 3.81. The van der Waals surface area contributed by atoms with Crippen molar-refractivity contribution < 1.29 is 9.53 Å². The van der Waals surface area contributed by atoms with Crippen molar-refractivity contribution in [3.8, 4) is 0 Å². The summed E-state index contributed by atoms with van der Waals surface area (Å²) < 4.78 is 4.94. The molecule has 0 atom stereocenters. The summed E-state index contributed by atoms with van der Waals surface area (Å²) in [6, 6.07) is 0. The molecule has 2 aromatic rings. The number of fused-ring (bicyclic) bond motifs is 1. The van der Waals surface area contributed by atoms with Crippen molar-refractivity contribution in [3.05, 3.63) is 20.8 Å². The maximum absolute atomic E-state index is 12.0. The van der Waals surface area contributed by atoms with Crippen LogP contribution in [-0.2, 0) is 4.74 Å². The molecule has 0 fully saturated rings. The highest BCUT2D eigenvalue weighted by molar-refractivity contribution is 7.99. The number of thioether (sulfide) groups is 1. The van der Waals surface area contributed by atoms with Crippen LogP contribution in [0, 0.1) is 6.92 Å². The molecule has 3 N–H and O–H groups in total. The molecular weight excluding hydrogens is 286 g/mol. The molecule has 2 rings (SSSR count). The number of H-pyrrole nitrogens is 1. The number of primary amides is 1. The molecule has 0 aliphatic carbocycles. The van der Waals surface area contributed by atoms with E-state index in [1.165, 1.54) is 11.8 Å². The first kappa shape index (κ1) is 14.0. The van der Waals surface area contributed by atoms with Gasteiger partial charge in [0.15, 0.2) is 5.16 Å². The van der Waals surface area contributed by atoms with Crippen molar-refractivity contribution in [2.24, 2.45) is 5.73 Å². The van der Waals surface area contributed by atoms with Crippen molar-refractivity contribution in [3.63, 3.8) is 0 Å². The second-order valence-corrected chi connectivity index (χ2v) is 5.90. The van der Waals surface area contributed by atoms with Gasteiger partial charge in [-0.2, -0.15) is 0 Å². The Kier molecular flexibility index (Phi) is 4.23. The Hall–Kier alpha value is -1.38. The molecule has 2 heterocycles. The van der Waals surface area contributed by atoms with E-state index in [-0.39, 0.29) is 5.56 Å². The van der Waals surface area contributed by atoms with Crippen LogP contribution in [0.1, 0.15) is 15.2 Å². The zero-order valence-corrected chi connectivity index (χ0v) is 12.1. The average Bonchev–Trinajstić information content (AvgIpc) is 2.67. The van der Waals surface area contributed by atoms with Crippen LogP contribution in [0.25, 0.3) is 10.2 Å². The number of aromatic amines is 1. The van der Waals surface area contributed by atoms with Crippen LogP contribution in [0.2, 0.25) is 0 Å². The van der Waals surface area contributed by atoms with Crippen LogP contribution in [0.4, 0.5) is 0 Å². The third kappa shape index (κ3) is 2.80. The molecule has 0 saturated carbocycles. The van der Waals surface area contributed by atoms with Crippen LogP contribution in [0.15, 0.2) is 9.95 Å². The maximum atomic E-state index is 12.0. The van der Waals surface area contributed by atoms with Crippen LogP contribution in [0.5, 0.6) is 0 Å². The number of hydrogen-bond donors (Lipinski definition) is 2. The Balaban J connectivity index is 2.46. The maximum Gasteiger partial charge on any atom is 0.260 e. The minimum absolute atomic E-state index is 0.244. The van der Waals surface area contributed by atoms with Gasteiger partial charge in [-0.1, -0.05) is 11.8 Å². The molecule has 2 aromatic heterocycles. The number of methoxy groups -OCH3 is 1. The number of nitrogens with zero attached hydrogens (tertiary/aromatic N) is 1. The van der Waals surface area contributed by atoms with E-state index >= 15 is 0 Å². The third-order valence-electron chi connectivity index (χ3n) is 2.53. The number of carbonyl (C=O) groups is 1. The number of carbonyl (C=O) groups excluding carboxylic acids is 1. The first-order valence-corrected chi connectivity index (χ1v) is 7.29. The summed E-state index contributed by atoms with van der Waals surface area (Å²) in [6.45, 7) is 2.27. The molecule has 0 aromatic carbocycles. The Labute approximate surface area is 117 Å². The lowest BCUT2D eigenvalue weighted by molar-refractivity contribution is 0.100. The van der Waals surface area contributed by atoms with Gasteiger partial charge in [0.2, 0.25) is 0 Å². The summed E-state index contributed by atoms with van der Waals surface area (Å²) in [5, 5.41) is 0.960. The van der Waals surface area contributed by atoms with E-state index in [0.717, 1.165) is 11.3 Å². The summed E-state index contributed by atoms with van der Waals surface area (Å²) in [7, 11) is 1.61. The molecule has 0 spiro atoms. The van der Waals surface area contributed by atoms with Gasteiger partial charge < -0.3 is 15.5 Å². The Morgan fingerprint density at radius 2 is 2.32 bits per heavy atom. The fraction of sp³-hybridized carbons (Fsp3) is 0.364. The molecule has 1 amide bonds. The highest BCUT2D eigenvalue weighted by Gasteiger charge is 2.17. The Morgan fingerprint density at radius 1 is 1.58 bits per heavy atom. The van der Waals surface area contributed by atoms with Gasteiger partial charge in [-0.15, -0.1) is 11.3 Å². The van der Waals surface area contributed by atoms with Gasteiger partial charge in [-0.25, -0.2) is 4.98 Å². The number of amides is 1. The average molecular weight is 299 g/mol. The molecule has 0 radical (unpaired) electrons. The number of ether oxygens (including phenoxy) is 1. The molecule has 0 aliphatic heterocycles. The van der Waals surface area contributed by atoms with Gasteiger partial charge in [0.05, 0.1) is 16.9 Å². The van der Waals surface area contributed by atoms with Gasteiger partial charge in [0.25, 0.3) is 11.5 Å². The highest BCUT2D eigenvalue weighted by atomic mass is 32.2. The van der Waals surface area contributed by atoms with Crippen molar-refractivity contribution in [2.75, 3.05) is 19.5 Å². The van der Waals surface area contributed by atoms with Gasteiger partial charge in [-0.3, -0.25) is 9.59 Å². The summed E-state index contributed by atoms with van der Waals surface area (Å²) in [6.07, 6.45) is 0. The normalized spacial score (nSPS) is 11.1. The molecular formula is C11H13N3O3S2. The number of aryl methyl sites for hydroxylation is 1. The van der Waals surface area contributed by atoms with Gasteiger partial charge in [0.1, 0.15) is 4.83 Å². The van der Waals surface area contributed by atoms with Gasteiger partial charge in [-0.05, 0) is 12.5 Å². The zero-order valence-electron chi connectivity index (χ0n) is 10.5. The van der Waals surface area contributed by atoms with Crippen LogP contribution < -0.4 is 11.3 Å². The van der Waals surface area contributed by atoms with E-state index < -0.39 is 5.91 Å². The van der Waals surface area contributed by atoms with E-state index in [0.29, 0.717) is 38.2 Å². The fourth-order valence-corrected chi connectivity index (χ4v) is 3.50. The van der Waals surface area contributed by atoms with Crippen LogP contribution in [0.3, 0.4) is 0 Å². The minimum Gasteiger partial charge on any atom is -0.384 e. The topological polar surface area (TPSA) is 98.1 Å². The number of aromatic nitrogens is 2. The van der Waals surface area contributed by atoms with Crippen molar-refractivity contribution >= 4 is 39.2 Å². The molecule has 6 nitrogen and oxygen atoms in total. The minimum atomic E-state index is -0.534. The summed E-state index contributed by atoms with van der Waals surface area (Å²) in [5.74, 6) is 0.159. The number of hydrogen-bond acceptors (Lipinski definition) is 6. The highest BCUT2D eigenvalue weighted by Crippen LogP contribution is 2.27. The molecule has 0 aliphatic rings. The standard InChI is InChI=1S/C11H13N3O3S2/c1-5-6-9(16)13-11(18-4-3-17-2)14-10(6)19-7(5)8(12)15/h3-4H2,1-2H3,(H2,12,15)(H,13,14,16). The Bertz CT molecular complexity index is 678. The van der Waals surface area contributed by atoms with Crippen molar-refractivity contribution in [1.29, 1.82) is 0 Å². The first-order chi connectivity index (χ1) is 9.04. The van der Waals surface area contributed by atoms with Crippen LogP contribution in [-0.4, -0.2) is 35.3 Å². The number of nitrogens with one attached hydrogen (secondary N) is 1. The summed E-state index contributed by atoms with van der Waals surface area (Å²) in [4.78, 5) is 31.2. The third-order valence-corrected chi connectivity index (χ3v) is 4.57. The van der Waals surface area contributed by atoms with Crippen LogP contribution >= 0.6 is 23.1 Å². The second kappa shape index (κ2) is 5.72. The fourth-order valence-electron chi connectivity index (χ4n) is 1.65. The van der Waals surface area contributed by atoms with Crippen molar-refractivity contribution in [2.45, 2.75) is 12.1 Å². The number of thiophene rings is 1. The monoisotopic (exact) mass is 299 g/mol. The summed E-state index contributed by atoms with van der Waals surface area (Å²) in [5.41, 5.74) is 5.62.